The number of ether oxygens (including phenoxy) is 2. The van der Waals surface area contributed by atoms with Crippen LogP contribution in [0.1, 0.15) is 12.5 Å². The second-order valence-corrected chi connectivity index (χ2v) is 4.93. The number of benzene rings is 1. The van der Waals surface area contributed by atoms with E-state index in [0.717, 1.165) is 0 Å². The van der Waals surface area contributed by atoms with E-state index < -0.39 is 11.6 Å². The Morgan fingerprint density at radius 2 is 1.81 bits per heavy atom. The van der Waals surface area contributed by atoms with Gasteiger partial charge in [0.25, 0.3) is 0 Å². The molecule has 0 aromatic heterocycles. The van der Waals surface area contributed by atoms with Gasteiger partial charge in [-0.1, -0.05) is 0 Å². The SMILES string of the molecule is CNCc1cc(F)c(N(CCOC)C(C)COC)c(F)c1. The van der Waals surface area contributed by atoms with Gasteiger partial charge in [-0.15, -0.1) is 0 Å². The molecule has 4 nitrogen and oxygen atoms in total. The lowest BCUT2D eigenvalue weighted by Gasteiger charge is -2.31. The lowest BCUT2D eigenvalue weighted by molar-refractivity contribution is 0.170. The molecule has 1 aromatic rings. The van der Waals surface area contributed by atoms with Gasteiger partial charge in [0.2, 0.25) is 0 Å². The quantitative estimate of drug-likeness (QED) is 0.758. The van der Waals surface area contributed by atoms with E-state index in [2.05, 4.69) is 5.32 Å². The number of rotatable bonds is 9. The van der Waals surface area contributed by atoms with Crippen LogP contribution in [0.2, 0.25) is 0 Å². The fourth-order valence-electron chi connectivity index (χ4n) is 2.27. The molecule has 0 radical (unpaired) electrons. The topological polar surface area (TPSA) is 33.7 Å². The van der Waals surface area contributed by atoms with Gasteiger partial charge in [-0.2, -0.15) is 0 Å². The number of nitrogens with one attached hydrogen (secondary N) is 1. The Balaban J connectivity index is 3.10. The van der Waals surface area contributed by atoms with E-state index in [1.54, 1.807) is 26.2 Å². The molecule has 21 heavy (non-hydrogen) atoms. The first-order valence-electron chi connectivity index (χ1n) is 6.92. The molecule has 1 atom stereocenters. The van der Waals surface area contributed by atoms with E-state index in [1.165, 1.54) is 12.1 Å². The highest BCUT2D eigenvalue weighted by Crippen LogP contribution is 2.27. The van der Waals surface area contributed by atoms with E-state index in [1.807, 2.05) is 6.92 Å². The van der Waals surface area contributed by atoms with Crippen LogP contribution in [0.5, 0.6) is 0 Å². The maximum Gasteiger partial charge on any atom is 0.149 e. The predicted octanol–water partition coefficient (Wildman–Crippen LogP) is 2.17. The third-order valence-corrected chi connectivity index (χ3v) is 3.22. The van der Waals surface area contributed by atoms with Crippen molar-refractivity contribution in [2.24, 2.45) is 0 Å². The lowest BCUT2D eigenvalue weighted by Crippen LogP contribution is -2.40. The Hall–Kier alpha value is -1.24. The largest absolute Gasteiger partial charge is 0.383 e. The predicted molar refractivity (Wildman–Crippen MR) is 79.7 cm³/mol. The second-order valence-electron chi connectivity index (χ2n) is 4.93. The Bertz CT molecular complexity index is 421. The molecule has 0 aliphatic rings. The van der Waals surface area contributed by atoms with Crippen LogP contribution >= 0.6 is 0 Å². The van der Waals surface area contributed by atoms with Crippen LogP contribution in [0.15, 0.2) is 12.1 Å². The van der Waals surface area contributed by atoms with Crippen LogP contribution in [0.4, 0.5) is 14.5 Å². The van der Waals surface area contributed by atoms with Crippen LogP contribution < -0.4 is 10.2 Å². The zero-order valence-electron chi connectivity index (χ0n) is 13.1. The van der Waals surface area contributed by atoms with Gasteiger partial charge in [0.15, 0.2) is 0 Å². The molecule has 0 saturated heterocycles. The summed E-state index contributed by atoms with van der Waals surface area (Å²) >= 11 is 0. The average Bonchev–Trinajstić information content (AvgIpc) is 2.42. The molecule has 0 aliphatic carbocycles. The van der Waals surface area contributed by atoms with E-state index in [9.17, 15) is 8.78 Å². The van der Waals surface area contributed by atoms with Crippen molar-refractivity contribution in [3.63, 3.8) is 0 Å². The molecule has 1 N–H and O–H groups in total. The standard InChI is InChI=1S/C15H24F2N2O2/c1-11(10-21-4)19(5-6-20-3)15-13(16)7-12(9-18-2)8-14(15)17/h7-8,11,18H,5-6,9-10H2,1-4H3. The van der Waals surface area contributed by atoms with Crippen LogP contribution in [-0.4, -0.2) is 47.1 Å². The molecule has 6 heteroatoms. The number of halogens is 2. The minimum absolute atomic E-state index is 0.0311. The van der Waals surface area contributed by atoms with Gasteiger partial charge < -0.3 is 19.7 Å². The molecule has 0 heterocycles. The maximum atomic E-state index is 14.3. The summed E-state index contributed by atoms with van der Waals surface area (Å²) in [5, 5.41) is 2.88. The van der Waals surface area contributed by atoms with Crippen molar-refractivity contribution < 1.29 is 18.3 Å². The highest BCUT2D eigenvalue weighted by molar-refractivity contribution is 5.51. The minimum atomic E-state index is -0.570. The summed E-state index contributed by atoms with van der Waals surface area (Å²) in [6.07, 6.45) is 0. The summed E-state index contributed by atoms with van der Waals surface area (Å²) in [5.41, 5.74) is 0.541. The van der Waals surface area contributed by atoms with E-state index in [0.29, 0.717) is 31.9 Å². The number of hydrogen-bond acceptors (Lipinski definition) is 4. The average molecular weight is 302 g/mol. The number of anilines is 1. The Kier molecular flexibility index (Phi) is 7.56. The van der Waals surface area contributed by atoms with Gasteiger partial charge in [0, 0.05) is 33.4 Å². The summed E-state index contributed by atoms with van der Waals surface area (Å²) in [6, 6.07) is 2.55. The van der Waals surface area contributed by atoms with Crippen LogP contribution in [0.25, 0.3) is 0 Å². The normalized spacial score (nSPS) is 12.5. The minimum Gasteiger partial charge on any atom is -0.383 e. The molecule has 0 bridgehead atoms. The highest BCUT2D eigenvalue weighted by atomic mass is 19.1. The third kappa shape index (κ3) is 4.91. The van der Waals surface area contributed by atoms with Gasteiger partial charge >= 0.3 is 0 Å². The molecule has 0 fully saturated rings. The Morgan fingerprint density at radius 3 is 2.29 bits per heavy atom. The van der Waals surface area contributed by atoms with Gasteiger partial charge in [0.05, 0.1) is 13.2 Å². The first-order valence-corrected chi connectivity index (χ1v) is 6.92. The first-order chi connectivity index (χ1) is 10.0. The summed E-state index contributed by atoms with van der Waals surface area (Å²) in [4.78, 5) is 1.64. The van der Waals surface area contributed by atoms with Crippen molar-refractivity contribution in [1.82, 2.24) is 5.32 Å². The molecule has 120 valence electrons. The Morgan fingerprint density at radius 1 is 1.19 bits per heavy atom. The van der Waals surface area contributed by atoms with Crippen LogP contribution in [0, 0.1) is 11.6 Å². The first kappa shape index (κ1) is 17.8. The summed E-state index contributed by atoms with van der Waals surface area (Å²) in [5.74, 6) is -1.14. The highest BCUT2D eigenvalue weighted by Gasteiger charge is 2.22. The molecule has 0 aliphatic heterocycles. The monoisotopic (exact) mass is 302 g/mol. The zero-order chi connectivity index (χ0) is 15.8. The Labute approximate surface area is 125 Å². The van der Waals surface area contributed by atoms with Crippen molar-refractivity contribution in [2.75, 3.05) is 45.9 Å². The van der Waals surface area contributed by atoms with Gasteiger partial charge in [-0.3, -0.25) is 0 Å². The van der Waals surface area contributed by atoms with Crippen LogP contribution in [-0.2, 0) is 16.0 Å². The second kappa shape index (κ2) is 8.92. The molecule has 0 saturated carbocycles. The van der Waals surface area contributed by atoms with Crippen molar-refractivity contribution in [3.05, 3.63) is 29.3 Å². The van der Waals surface area contributed by atoms with E-state index in [-0.39, 0.29) is 11.7 Å². The molecule has 0 spiro atoms. The molecular weight excluding hydrogens is 278 g/mol. The van der Waals surface area contributed by atoms with Crippen molar-refractivity contribution >= 4 is 5.69 Å². The maximum absolute atomic E-state index is 14.3. The lowest BCUT2D eigenvalue weighted by atomic mass is 10.1. The van der Waals surface area contributed by atoms with Gasteiger partial charge in [0.1, 0.15) is 17.3 Å². The summed E-state index contributed by atoms with van der Waals surface area (Å²) < 4.78 is 38.8. The van der Waals surface area contributed by atoms with Gasteiger partial charge in [-0.25, -0.2) is 8.78 Å². The van der Waals surface area contributed by atoms with E-state index >= 15 is 0 Å². The molecular formula is C15H24F2N2O2. The van der Waals surface area contributed by atoms with E-state index in [4.69, 9.17) is 9.47 Å². The fraction of sp³-hybridized carbons (Fsp3) is 0.600. The third-order valence-electron chi connectivity index (χ3n) is 3.22. The molecule has 1 unspecified atom stereocenters. The van der Waals surface area contributed by atoms with Crippen LogP contribution in [0.3, 0.4) is 0 Å². The number of methoxy groups -OCH3 is 2. The number of nitrogens with zero attached hydrogens (tertiary/aromatic N) is 1. The summed E-state index contributed by atoms with van der Waals surface area (Å²) in [6.45, 7) is 3.42. The van der Waals surface area contributed by atoms with Crippen molar-refractivity contribution in [2.45, 2.75) is 19.5 Å². The summed E-state index contributed by atoms with van der Waals surface area (Å²) in [7, 11) is 4.85. The van der Waals surface area contributed by atoms with Crippen molar-refractivity contribution in [3.8, 4) is 0 Å². The smallest absolute Gasteiger partial charge is 0.149 e. The molecule has 0 amide bonds. The van der Waals surface area contributed by atoms with Gasteiger partial charge in [-0.05, 0) is 31.7 Å². The molecule has 1 aromatic carbocycles. The molecule has 1 rings (SSSR count). The number of hydrogen-bond donors (Lipinski definition) is 1. The fourth-order valence-corrected chi connectivity index (χ4v) is 2.27. The van der Waals surface area contributed by atoms with Crippen molar-refractivity contribution in [1.29, 1.82) is 0 Å². The zero-order valence-corrected chi connectivity index (χ0v) is 13.1.